The first-order chi connectivity index (χ1) is 11.6. The van der Waals surface area contributed by atoms with Crippen LogP contribution in [0, 0.1) is 0 Å². The normalized spacial score (nSPS) is 13.7. The summed E-state index contributed by atoms with van der Waals surface area (Å²) in [5.74, 6) is -0.445. The van der Waals surface area contributed by atoms with Crippen LogP contribution >= 0.6 is 0 Å². The number of hydrogen-bond acceptors (Lipinski definition) is 4. The van der Waals surface area contributed by atoms with E-state index in [0.29, 0.717) is 25.3 Å². The van der Waals surface area contributed by atoms with Gasteiger partial charge in [0.1, 0.15) is 11.4 Å². The number of aromatic nitrogens is 2. The van der Waals surface area contributed by atoms with Crippen LogP contribution in [0.15, 0.2) is 30.3 Å². The summed E-state index contributed by atoms with van der Waals surface area (Å²) in [4.78, 5) is 25.2. The Balaban J connectivity index is 1.58. The van der Waals surface area contributed by atoms with E-state index in [1.54, 1.807) is 12.0 Å². The van der Waals surface area contributed by atoms with Gasteiger partial charge in [0.25, 0.3) is 5.91 Å². The molecule has 0 fully saturated rings. The Morgan fingerprint density at radius 3 is 2.71 bits per heavy atom. The summed E-state index contributed by atoms with van der Waals surface area (Å²) >= 11 is 0. The number of amides is 1. The fourth-order valence-electron chi connectivity index (χ4n) is 2.82. The van der Waals surface area contributed by atoms with E-state index >= 15 is 0 Å². The highest BCUT2D eigenvalue weighted by molar-refractivity contribution is 5.96. The van der Waals surface area contributed by atoms with Crippen molar-refractivity contribution in [3.63, 3.8) is 0 Å². The standard InChI is InChI=1S/C17H19N3O4/c1-24-13-6-4-12(5-7-13)3-2-8-19-9-10-20-15(16(19)21)11-14(18-20)17(22)23/h4-7,11H,2-3,8-10H2,1H3,(H,22,23). The minimum absolute atomic E-state index is 0.0848. The smallest absolute Gasteiger partial charge is 0.356 e. The molecule has 0 spiro atoms. The number of carbonyl (C=O) groups excluding carboxylic acids is 1. The van der Waals surface area contributed by atoms with Gasteiger partial charge in [0.05, 0.1) is 13.7 Å². The maximum absolute atomic E-state index is 12.4. The molecule has 0 aliphatic carbocycles. The zero-order valence-corrected chi connectivity index (χ0v) is 13.4. The fraction of sp³-hybridized carbons (Fsp3) is 0.353. The lowest BCUT2D eigenvalue weighted by Crippen LogP contribution is -2.41. The second kappa shape index (κ2) is 6.74. The van der Waals surface area contributed by atoms with Crippen molar-refractivity contribution >= 4 is 11.9 Å². The number of methoxy groups -OCH3 is 1. The molecule has 7 heteroatoms. The number of benzene rings is 1. The van der Waals surface area contributed by atoms with Crippen LogP contribution in [0.2, 0.25) is 0 Å². The number of aromatic carboxylic acids is 1. The summed E-state index contributed by atoms with van der Waals surface area (Å²) in [6.07, 6.45) is 1.71. The quantitative estimate of drug-likeness (QED) is 0.871. The minimum atomic E-state index is -1.12. The molecule has 1 N–H and O–H groups in total. The van der Waals surface area contributed by atoms with E-state index in [-0.39, 0.29) is 11.6 Å². The van der Waals surface area contributed by atoms with Gasteiger partial charge in [0, 0.05) is 19.2 Å². The van der Waals surface area contributed by atoms with Crippen molar-refractivity contribution in [1.82, 2.24) is 14.7 Å². The highest BCUT2D eigenvalue weighted by Crippen LogP contribution is 2.16. The molecule has 2 aromatic rings. The van der Waals surface area contributed by atoms with Gasteiger partial charge in [0.2, 0.25) is 0 Å². The molecular weight excluding hydrogens is 310 g/mol. The topological polar surface area (TPSA) is 84.7 Å². The first kappa shape index (κ1) is 16.0. The third-order valence-electron chi connectivity index (χ3n) is 4.14. The van der Waals surface area contributed by atoms with Crippen LogP contribution in [0.25, 0.3) is 0 Å². The Morgan fingerprint density at radius 1 is 1.29 bits per heavy atom. The zero-order chi connectivity index (χ0) is 17.1. The van der Waals surface area contributed by atoms with Crippen LogP contribution in [0.4, 0.5) is 0 Å². The summed E-state index contributed by atoms with van der Waals surface area (Å²) in [7, 11) is 1.64. The van der Waals surface area contributed by atoms with Crippen molar-refractivity contribution in [2.75, 3.05) is 20.2 Å². The Morgan fingerprint density at radius 2 is 2.04 bits per heavy atom. The highest BCUT2D eigenvalue weighted by Gasteiger charge is 2.27. The third kappa shape index (κ3) is 3.24. The molecule has 1 amide bonds. The summed E-state index contributed by atoms with van der Waals surface area (Å²) in [5, 5.41) is 12.9. The molecule has 1 aliphatic rings. The van der Waals surface area contributed by atoms with Crippen molar-refractivity contribution in [2.45, 2.75) is 19.4 Å². The number of aryl methyl sites for hydroxylation is 1. The summed E-state index contributed by atoms with van der Waals surface area (Å²) in [6.45, 7) is 1.71. The van der Waals surface area contributed by atoms with E-state index in [1.807, 2.05) is 24.3 Å². The highest BCUT2D eigenvalue weighted by atomic mass is 16.5. The maximum atomic E-state index is 12.4. The molecule has 0 bridgehead atoms. The molecule has 7 nitrogen and oxygen atoms in total. The van der Waals surface area contributed by atoms with Crippen LogP contribution in [-0.4, -0.2) is 51.9 Å². The van der Waals surface area contributed by atoms with Crippen LogP contribution in [0.1, 0.15) is 33.0 Å². The zero-order valence-electron chi connectivity index (χ0n) is 13.4. The Kier molecular flexibility index (Phi) is 4.50. The second-order valence-electron chi connectivity index (χ2n) is 5.69. The average Bonchev–Trinajstić information content (AvgIpc) is 3.03. The first-order valence-corrected chi connectivity index (χ1v) is 7.82. The second-order valence-corrected chi connectivity index (χ2v) is 5.69. The monoisotopic (exact) mass is 329 g/mol. The van der Waals surface area contributed by atoms with Gasteiger partial charge in [-0.3, -0.25) is 9.48 Å². The van der Waals surface area contributed by atoms with Crippen molar-refractivity contribution in [3.05, 3.63) is 47.3 Å². The number of carbonyl (C=O) groups is 2. The van der Waals surface area contributed by atoms with Crippen LogP contribution in [-0.2, 0) is 13.0 Å². The van der Waals surface area contributed by atoms with E-state index in [0.717, 1.165) is 18.6 Å². The van der Waals surface area contributed by atoms with Crippen molar-refractivity contribution in [2.24, 2.45) is 0 Å². The lowest BCUT2D eigenvalue weighted by molar-refractivity contribution is 0.0676. The summed E-state index contributed by atoms with van der Waals surface area (Å²) in [6, 6.07) is 9.23. The molecule has 0 saturated carbocycles. The van der Waals surface area contributed by atoms with E-state index in [4.69, 9.17) is 9.84 Å². The third-order valence-corrected chi connectivity index (χ3v) is 4.14. The van der Waals surface area contributed by atoms with Gasteiger partial charge in [-0.25, -0.2) is 4.79 Å². The maximum Gasteiger partial charge on any atom is 0.356 e. The number of fused-ring (bicyclic) bond motifs is 1. The largest absolute Gasteiger partial charge is 0.497 e. The number of carboxylic acid groups (broad SMARTS) is 1. The van der Waals surface area contributed by atoms with Gasteiger partial charge in [-0.1, -0.05) is 12.1 Å². The van der Waals surface area contributed by atoms with E-state index < -0.39 is 5.97 Å². The van der Waals surface area contributed by atoms with Gasteiger partial charge in [-0.05, 0) is 30.5 Å². The summed E-state index contributed by atoms with van der Waals surface area (Å²) in [5.41, 5.74) is 1.46. The lowest BCUT2D eigenvalue weighted by atomic mass is 10.1. The number of ether oxygens (including phenoxy) is 1. The van der Waals surface area contributed by atoms with Crippen LogP contribution < -0.4 is 4.74 Å². The molecular formula is C17H19N3O4. The molecule has 1 aliphatic heterocycles. The number of nitrogens with zero attached hydrogens (tertiary/aromatic N) is 3. The van der Waals surface area contributed by atoms with Crippen LogP contribution in [0.5, 0.6) is 5.75 Å². The van der Waals surface area contributed by atoms with Gasteiger partial charge in [0.15, 0.2) is 5.69 Å². The molecule has 0 unspecified atom stereocenters. The number of hydrogen-bond donors (Lipinski definition) is 1. The lowest BCUT2D eigenvalue weighted by Gasteiger charge is -2.27. The molecule has 1 aromatic carbocycles. The Bertz CT molecular complexity index is 752. The van der Waals surface area contributed by atoms with Crippen molar-refractivity contribution < 1.29 is 19.4 Å². The SMILES string of the molecule is COc1ccc(CCCN2CCn3nc(C(=O)O)cc3C2=O)cc1. The molecule has 0 atom stereocenters. The Labute approximate surface area is 139 Å². The van der Waals surface area contributed by atoms with Gasteiger partial charge < -0.3 is 14.7 Å². The molecule has 0 radical (unpaired) electrons. The average molecular weight is 329 g/mol. The predicted molar refractivity (Wildman–Crippen MR) is 86.4 cm³/mol. The predicted octanol–water partition coefficient (Wildman–Crippen LogP) is 1.68. The Hall–Kier alpha value is -2.83. The molecule has 0 saturated heterocycles. The van der Waals surface area contributed by atoms with Gasteiger partial charge >= 0.3 is 5.97 Å². The van der Waals surface area contributed by atoms with E-state index in [1.165, 1.54) is 16.3 Å². The molecule has 2 heterocycles. The van der Waals surface area contributed by atoms with Crippen molar-refractivity contribution in [3.8, 4) is 5.75 Å². The van der Waals surface area contributed by atoms with Crippen LogP contribution in [0.3, 0.4) is 0 Å². The van der Waals surface area contributed by atoms with E-state index in [9.17, 15) is 9.59 Å². The molecule has 126 valence electrons. The van der Waals surface area contributed by atoms with Gasteiger partial charge in [-0.15, -0.1) is 0 Å². The minimum Gasteiger partial charge on any atom is -0.497 e. The first-order valence-electron chi connectivity index (χ1n) is 7.82. The number of rotatable bonds is 6. The number of carboxylic acids is 1. The molecule has 24 heavy (non-hydrogen) atoms. The fourth-order valence-corrected chi connectivity index (χ4v) is 2.82. The summed E-state index contributed by atoms with van der Waals surface area (Å²) < 4.78 is 6.61. The molecule has 1 aromatic heterocycles. The van der Waals surface area contributed by atoms with E-state index in [2.05, 4.69) is 5.10 Å². The van der Waals surface area contributed by atoms with Gasteiger partial charge in [-0.2, -0.15) is 5.10 Å². The molecule has 3 rings (SSSR count). The van der Waals surface area contributed by atoms with Crippen molar-refractivity contribution in [1.29, 1.82) is 0 Å².